The average Bonchev–Trinajstić information content (AvgIpc) is 3.94. The SMILES string of the molecule is CCCCCc1cc2c3c(c1)N(c1c(-c4ccccc4)cccc1-c1ccccc1)c1cc(-n4c5ccccc5c5ccccc54)ccc1B3c1ccc(-n3c4ccccc4c4ccccc43)cc1S2. The third kappa shape index (κ3) is 6.38. The van der Waals surface area contributed by atoms with Gasteiger partial charge in [-0.15, -0.1) is 0 Å². The number of benzene rings is 10. The van der Waals surface area contributed by atoms with Crippen LogP contribution in [0.2, 0.25) is 0 Å². The minimum Gasteiger partial charge on any atom is -0.310 e. The lowest BCUT2D eigenvalue weighted by Crippen LogP contribution is -2.60. The Balaban J connectivity index is 1.07. The van der Waals surface area contributed by atoms with E-state index >= 15 is 0 Å². The molecule has 12 aromatic rings. The maximum absolute atomic E-state index is 2.67. The predicted molar refractivity (Wildman–Crippen MR) is 299 cm³/mol. The number of unbranched alkanes of at least 4 members (excludes halogenated alkanes) is 2. The van der Waals surface area contributed by atoms with E-state index in [9.17, 15) is 0 Å². The third-order valence-electron chi connectivity index (χ3n) is 15.0. The van der Waals surface area contributed by atoms with Gasteiger partial charge in [0, 0.05) is 65.2 Å². The molecule has 0 saturated heterocycles. The zero-order valence-electron chi connectivity index (χ0n) is 39.0. The van der Waals surface area contributed by atoms with Crippen LogP contribution in [0.1, 0.15) is 31.7 Å². The monoisotopic (exact) mass is 913 g/mol. The highest BCUT2D eigenvalue weighted by atomic mass is 32.2. The Morgan fingerprint density at radius 3 is 1.46 bits per heavy atom. The van der Waals surface area contributed by atoms with Crippen molar-refractivity contribution in [2.75, 3.05) is 4.90 Å². The molecule has 4 heterocycles. The molecule has 0 amide bonds. The predicted octanol–water partition coefficient (Wildman–Crippen LogP) is 15.7. The number of anilines is 3. The number of aryl methyl sites for hydroxylation is 1. The van der Waals surface area contributed by atoms with Crippen LogP contribution in [-0.2, 0) is 6.42 Å². The van der Waals surface area contributed by atoms with Crippen LogP contribution in [-0.4, -0.2) is 15.8 Å². The van der Waals surface area contributed by atoms with Crippen molar-refractivity contribution in [3.05, 3.63) is 230 Å². The summed E-state index contributed by atoms with van der Waals surface area (Å²) in [7, 11) is 0. The molecular formula is C65H48BN3S. The summed E-state index contributed by atoms with van der Waals surface area (Å²) in [6.45, 7) is 2.32. The Bertz CT molecular complexity index is 3850. The molecule has 0 spiro atoms. The molecule has 0 fully saturated rings. The molecule has 0 atom stereocenters. The fourth-order valence-electron chi connectivity index (χ4n) is 11.9. The van der Waals surface area contributed by atoms with E-state index in [-0.39, 0.29) is 6.71 Å². The molecule has 0 N–H and O–H groups in total. The maximum Gasteiger partial charge on any atom is 0.249 e. The molecule has 70 heavy (non-hydrogen) atoms. The lowest BCUT2D eigenvalue weighted by atomic mass is 9.34. The van der Waals surface area contributed by atoms with Gasteiger partial charge in [-0.25, -0.2) is 0 Å². The minimum absolute atomic E-state index is 0.0145. The Morgan fingerprint density at radius 1 is 0.414 bits per heavy atom. The van der Waals surface area contributed by atoms with Gasteiger partial charge in [0.2, 0.25) is 6.71 Å². The van der Waals surface area contributed by atoms with E-state index in [0.29, 0.717) is 0 Å². The number of hydrogen-bond donors (Lipinski definition) is 0. The Hall–Kier alpha value is -7.99. The highest BCUT2D eigenvalue weighted by Crippen LogP contribution is 2.50. The average molecular weight is 914 g/mol. The second kappa shape index (κ2) is 16.6. The van der Waals surface area contributed by atoms with Crippen molar-refractivity contribution in [3.63, 3.8) is 0 Å². The maximum atomic E-state index is 2.67. The van der Waals surface area contributed by atoms with Crippen LogP contribution in [0.15, 0.2) is 234 Å². The Kier molecular flexibility index (Phi) is 9.74. The zero-order valence-corrected chi connectivity index (χ0v) is 39.8. The van der Waals surface area contributed by atoms with Crippen molar-refractivity contribution in [1.29, 1.82) is 0 Å². The van der Waals surface area contributed by atoms with Crippen LogP contribution in [0.25, 0.3) is 77.2 Å². The molecule has 2 aliphatic heterocycles. The zero-order chi connectivity index (χ0) is 46.3. The normalized spacial score (nSPS) is 12.8. The topological polar surface area (TPSA) is 13.1 Å². The second-order valence-corrected chi connectivity index (χ2v) is 20.1. The molecule has 0 bridgehead atoms. The summed E-state index contributed by atoms with van der Waals surface area (Å²) in [5, 5.41) is 5.08. The van der Waals surface area contributed by atoms with Gasteiger partial charge in [0.1, 0.15) is 0 Å². The van der Waals surface area contributed by atoms with Crippen LogP contribution in [0.3, 0.4) is 0 Å². The largest absolute Gasteiger partial charge is 0.310 e. The summed E-state index contributed by atoms with van der Waals surface area (Å²) in [6.07, 6.45) is 4.57. The fraction of sp³-hybridized carbons (Fsp3) is 0.0769. The summed E-state index contributed by atoms with van der Waals surface area (Å²) >= 11 is 1.96. The lowest BCUT2D eigenvalue weighted by Gasteiger charge is -2.42. The summed E-state index contributed by atoms with van der Waals surface area (Å²) in [5.74, 6) is 0. The quantitative estimate of drug-likeness (QED) is 0.106. The Labute approximate surface area is 413 Å². The molecule has 0 radical (unpaired) electrons. The highest BCUT2D eigenvalue weighted by Gasteiger charge is 2.42. The van der Waals surface area contributed by atoms with Crippen LogP contribution < -0.4 is 21.3 Å². The molecular weight excluding hydrogens is 866 g/mol. The van der Waals surface area contributed by atoms with Crippen LogP contribution in [0.5, 0.6) is 0 Å². The van der Waals surface area contributed by atoms with Crippen molar-refractivity contribution in [1.82, 2.24) is 9.13 Å². The van der Waals surface area contributed by atoms with E-state index in [1.807, 2.05) is 11.8 Å². The fourth-order valence-corrected chi connectivity index (χ4v) is 13.2. The first-order chi connectivity index (χ1) is 34.7. The van der Waals surface area contributed by atoms with Crippen molar-refractivity contribution >= 4 is 95.5 Å². The number of rotatable bonds is 9. The van der Waals surface area contributed by atoms with Crippen molar-refractivity contribution in [3.8, 4) is 33.6 Å². The van der Waals surface area contributed by atoms with Crippen LogP contribution in [0.4, 0.5) is 17.1 Å². The number of fused-ring (bicyclic) bond motifs is 10. The number of aromatic nitrogens is 2. The van der Waals surface area contributed by atoms with E-state index < -0.39 is 0 Å². The van der Waals surface area contributed by atoms with Gasteiger partial charge in [-0.1, -0.05) is 201 Å². The molecule has 2 aromatic heterocycles. The lowest BCUT2D eigenvalue weighted by molar-refractivity contribution is 0.717. The molecule has 332 valence electrons. The van der Waals surface area contributed by atoms with E-state index in [1.165, 1.54) is 133 Å². The van der Waals surface area contributed by atoms with E-state index in [2.05, 4.69) is 245 Å². The van der Waals surface area contributed by atoms with Gasteiger partial charge in [-0.3, -0.25) is 0 Å². The molecule has 0 unspecified atom stereocenters. The van der Waals surface area contributed by atoms with E-state index in [4.69, 9.17) is 0 Å². The number of para-hydroxylation sites is 5. The van der Waals surface area contributed by atoms with Gasteiger partial charge in [0.05, 0.1) is 27.8 Å². The van der Waals surface area contributed by atoms with E-state index in [0.717, 1.165) is 18.5 Å². The Morgan fingerprint density at radius 2 is 0.914 bits per heavy atom. The summed E-state index contributed by atoms with van der Waals surface area (Å²) in [4.78, 5) is 5.34. The van der Waals surface area contributed by atoms with Crippen LogP contribution in [0, 0.1) is 0 Å². The first-order valence-corrected chi connectivity index (χ1v) is 25.7. The molecule has 2 aliphatic rings. The third-order valence-corrected chi connectivity index (χ3v) is 16.1. The smallest absolute Gasteiger partial charge is 0.249 e. The molecule has 10 aromatic carbocycles. The van der Waals surface area contributed by atoms with Gasteiger partial charge in [-0.05, 0) is 101 Å². The number of nitrogens with zero attached hydrogens (tertiary/aromatic N) is 3. The van der Waals surface area contributed by atoms with Gasteiger partial charge < -0.3 is 14.0 Å². The summed E-state index contributed by atoms with van der Waals surface area (Å²) in [6, 6.07) is 84.1. The molecule has 14 rings (SSSR count). The first-order valence-electron chi connectivity index (χ1n) is 24.9. The van der Waals surface area contributed by atoms with Gasteiger partial charge in [0.25, 0.3) is 0 Å². The summed E-state index contributed by atoms with van der Waals surface area (Å²) in [5.41, 5.74) is 21.1. The minimum atomic E-state index is 0.0145. The summed E-state index contributed by atoms with van der Waals surface area (Å²) < 4.78 is 4.95. The number of hydrogen-bond acceptors (Lipinski definition) is 2. The standard InChI is InChI=1S/C65H48BN3S/c1-2-3-6-20-43-39-61-64-63(40-43)70-62-42-47(68-58-33-17-13-27-52(58)53-28-14-18-34-59(53)68)36-38-55(62)66(64)54-37-35-46(67-56-31-15-11-25-50(56)51-26-12-16-32-57(51)67)41-60(54)69(61)65-48(44-21-7-4-8-22-44)29-19-30-49(65)45-23-9-5-10-24-45/h4-5,7-19,21-42H,2-3,6,20H2,1H3. The highest BCUT2D eigenvalue weighted by molar-refractivity contribution is 8.00. The van der Waals surface area contributed by atoms with Crippen LogP contribution >= 0.6 is 11.8 Å². The molecule has 5 heteroatoms. The molecule has 0 saturated carbocycles. The van der Waals surface area contributed by atoms with Crippen molar-refractivity contribution in [2.45, 2.75) is 42.4 Å². The van der Waals surface area contributed by atoms with E-state index in [1.54, 1.807) is 0 Å². The van der Waals surface area contributed by atoms with Crippen molar-refractivity contribution in [2.24, 2.45) is 0 Å². The second-order valence-electron chi connectivity index (χ2n) is 19.0. The van der Waals surface area contributed by atoms with Gasteiger partial charge in [-0.2, -0.15) is 0 Å². The van der Waals surface area contributed by atoms with Gasteiger partial charge in [0.15, 0.2) is 0 Å². The van der Waals surface area contributed by atoms with Gasteiger partial charge >= 0.3 is 0 Å². The van der Waals surface area contributed by atoms with Crippen molar-refractivity contribution < 1.29 is 0 Å². The molecule has 3 nitrogen and oxygen atoms in total. The first kappa shape index (κ1) is 41.0. The molecule has 0 aliphatic carbocycles.